The van der Waals surface area contributed by atoms with Crippen LogP contribution in [0.1, 0.15) is 25.3 Å². The van der Waals surface area contributed by atoms with Gasteiger partial charge in [-0.25, -0.2) is 0 Å². The molecule has 22 heavy (non-hydrogen) atoms. The molecule has 0 aliphatic carbocycles. The number of fused-ring (bicyclic) bond motifs is 1. The first kappa shape index (κ1) is 14.8. The van der Waals surface area contributed by atoms with E-state index in [0.29, 0.717) is 21.4 Å². The predicted octanol–water partition coefficient (Wildman–Crippen LogP) is 3.32. The summed E-state index contributed by atoms with van der Waals surface area (Å²) in [6.45, 7) is 4.05. The van der Waals surface area contributed by atoms with Gasteiger partial charge in [-0.15, -0.1) is 14.8 Å². The molecule has 7 nitrogen and oxygen atoms in total. The van der Waals surface area contributed by atoms with E-state index in [9.17, 15) is 0 Å². The van der Waals surface area contributed by atoms with Crippen molar-refractivity contribution in [1.82, 2.24) is 25.3 Å². The smallest absolute Gasteiger partial charge is 0.239 e. The molecule has 2 aromatic heterocycles. The summed E-state index contributed by atoms with van der Waals surface area (Å²) in [5.41, 5.74) is 7.61. The third-order valence-electron chi connectivity index (χ3n) is 3.03. The number of anilines is 1. The minimum atomic E-state index is 0.191. The van der Waals surface area contributed by atoms with Crippen LogP contribution < -0.4 is 10.5 Å². The SMILES string of the molecule is CC(C)c1cc(Oc2c(Cl)cc(N)cc2Cl)nn2nnnc12. The monoisotopic (exact) mass is 338 g/mol. The fourth-order valence-corrected chi connectivity index (χ4v) is 2.58. The van der Waals surface area contributed by atoms with Gasteiger partial charge in [0.1, 0.15) is 0 Å². The Morgan fingerprint density at radius 3 is 2.50 bits per heavy atom. The molecule has 2 heterocycles. The largest absolute Gasteiger partial charge is 0.434 e. The molecular formula is C13H12Cl2N6O. The van der Waals surface area contributed by atoms with Crippen molar-refractivity contribution in [1.29, 1.82) is 0 Å². The van der Waals surface area contributed by atoms with Gasteiger partial charge in [-0.3, -0.25) is 0 Å². The number of nitrogens with two attached hydrogens (primary N) is 1. The lowest BCUT2D eigenvalue weighted by Crippen LogP contribution is -2.03. The summed E-state index contributed by atoms with van der Waals surface area (Å²) in [4.78, 5) is 0. The van der Waals surface area contributed by atoms with Crippen LogP contribution in [0.4, 0.5) is 5.69 Å². The minimum Gasteiger partial charge on any atom is -0.434 e. The molecule has 0 spiro atoms. The van der Waals surface area contributed by atoms with E-state index in [2.05, 4.69) is 20.6 Å². The van der Waals surface area contributed by atoms with Crippen LogP contribution in [0.15, 0.2) is 18.2 Å². The molecule has 0 atom stereocenters. The van der Waals surface area contributed by atoms with E-state index in [1.807, 2.05) is 13.8 Å². The van der Waals surface area contributed by atoms with Crippen LogP contribution in [0.25, 0.3) is 5.65 Å². The first-order chi connectivity index (χ1) is 10.5. The maximum absolute atomic E-state index is 6.12. The molecule has 0 saturated heterocycles. The van der Waals surface area contributed by atoms with Crippen molar-refractivity contribution in [2.75, 3.05) is 5.73 Å². The minimum absolute atomic E-state index is 0.191. The van der Waals surface area contributed by atoms with E-state index in [4.69, 9.17) is 33.7 Å². The van der Waals surface area contributed by atoms with E-state index in [1.54, 1.807) is 18.2 Å². The van der Waals surface area contributed by atoms with Gasteiger partial charge in [-0.1, -0.05) is 37.0 Å². The van der Waals surface area contributed by atoms with Gasteiger partial charge in [-0.05, 0) is 28.5 Å². The van der Waals surface area contributed by atoms with Crippen LogP contribution in [-0.4, -0.2) is 25.3 Å². The van der Waals surface area contributed by atoms with Crippen molar-refractivity contribution in [2.45, 2.75) is 19.8 Å². The van der Waals surface area contributed by atoms with Crippen LogP contribution in [0, 0.1) is 0 Å². The second kappa shape index (κ2) is 5.58. The maximum Gasteiger partial charge on any atom is 0.239 e. The van der Waals surface area contributed by atoms with Crippen molar-refractivity contribution in [2.24, 2.45) is 0 Å². The standard InChI is InChI=1S/C13H12Cl2N6O/c1-6(2)8-5-11(18-21-13(8)17-19-20-21)22-12-9(14)3-7(16)4-10(12)15/h3-6H,16H2,1-2H3. The number of aromatic nitrogens is 5. The first-order valence-corrected chi connectivity index (χ1v) is 7.23. The van der Waals surface area contributed by atoms with E-state index in [0.717, 1.165) is 5.56 Å². The fraction of sp³-hybridized carbons (Fsp3) is 0.231. The second-order valence-electron chi connectivity index (χ2n) is 5.00. The molecule has 0 unspecified atom stereocenters. The van der Waals surface area contributed by atoms with Gasteiger partial charge in [0.25, 0.3) is 0 Å². The summed E-state index contributed by atoms with van der Waals surface area (Å²) >= 11 is 12.2. The van der Waals surface area contributed by atoms with Crippen LogP contribution in [0.3, 0.4) is 0 Å². The van der Waals surface area contributed by atoms with Gasteiger partial charge in [-0.2, -0.15) is 0 Å². The third kappa shape index (κ3) is 2.65. The highest BCUT2D eigenvalue weighted by molar-refractivity contribution is 6.37. The van der Waals surface area contributed by atoms with Gasteiger partial charge in [0.15, 0.2) is 5.75 Å². The molecule has 2 N–H and O–H groups in total. The van der Waals surface area contributed by atoms with Crippen molar-refractivity contribution < 1.29 is 4.74 Å². The molecule has 1 aromatic carbocycles. The zero-order valence-electron chi connectivity index (χ0n) is 11.8. The average molecular weight is 339 g/mol. The summed E-state index contributed by atoms with van der Waals surface area (Å²) in [7, 11) is 0. The second-order valence-corrected chi connectivity index (χ2v) is 5.81. The molecule has 0 aliphatic heterocycles. The fourth-order valence-electron chi connectivity index (χ4n) is 2.00. The van der Waals surface area contributed by atoms with Gasteiger partial charge < -0.3 is 10.5 Å². The van der Waals surface area contributed by atoms with E-state index in [1.165, 1.54) is 4.63 Å². The number of rotatable bonds is 3. The van der Waals surface area contributed by atoms with Crippen LogP contribution in [0.2, 0.25) is 10.0 Å². The number of tetrazole rings is 1. The number of halogens is 2. The van der Waals surface area contributed by atoms with Gasteiger partial charge >= 0.3 is 0 Å². The molecule has 3 aromatic rings. The summed E-state index contributed by atoms with van der Waals surface area (Å²) in [5, 5.41) is 16.2. The van der Waals surface area contributed by atoms with Crippen LogP contribution in [-0.2, 0) is 0 Å². The Labute approximate surface area is 136 Å². The van der Waals surface area contributed by atoms with Crippen molar-refractivity contribution in [3.05, 3.63) is 33.8 Å². The topological polar surface area (TPSA) is 91.2 Å². The third-order valence-corrected chi connectivity index (χ3v) is 3.59. The molecule has 0 bridgehead atoms. The lowest BCUT2D eigenvalue weighted by Gasteiger charge is -2.11. The molecule has 114 valence electrons. The normalized spacial score (nSPS) is 11.3. The molecule has 0 aliphatic rings. The van der Waals surface area contributed by atoms with Crippen molar-refractivity contribution in [3.8, 4) is 11.6 Å². The molecular weight excluding hydrogens is 327 g/mol. The Bertz CT molecular complexity index is 825. The number of hydrogen-bond donors (Lipinski definition) is 1. The summed E-state index contributed by atoms with van der Waals surface area (Å²) in [6.07, 6.45) is 0. The van der Waals surface area contributed by atoms with E-state index < -0.39 is 0 Å². The van der Waals surface area contributed by atoms with E-state index in [-0.39, 0.29) is 17.5 Å². The van der Waals surface area contributed by atoms with Gasteiger partial charge in [0, 0.05) is 17.3 Å². The number of ether oxygens (including phenoxy) is 1. The van der Waals surface area contributed by atoms with Gasteiger partial charge in [0.2, 0.25) is 11.5 Å². The molecule has 0 saturated carbocycles. The molecule has 3 rings (SSSR count). The first-order valence-electron chi connectivity index (χ1n) is 6.47. The summed E-state index contributed by atoms with van der Waals surface area (Å²) in [5.74, 6) is 0.764. The molecule has 0 fully saturated rings. The highest BCUT2D eigenvalue weighted by Gasteiger charge is 2.16. The van der Waals surface area contributed by atoms with Gasteiger partial charge in [0.05, 0.1) is 10.0 Å². The Balaban J connectivity index is 2.08. The number of nitrogen functional groups attached to an aromatic ring is 1. The summed E-state index contributed by atoms with van der Waals surface area (Å²) < 4.78 is 7.03. The Hall–Kier alpha value is -2.12. The zero-order valence-corrected chi connectivity index (χ0v) is 13.3. The molecule has 9 heteroatoms. The highest BCUT2D eigenvalue weighted by atomic mass is 35.5. The maximum atomic E-state index is 6.12. The Kier molecular flexibility index (Phi) is 3.76. The number of benzene rings is 1. The lowest BCUT2D eigenvalue weighted by molar-refractivity contribution is 0.446. The lowest BCUT2D eigenvalue weighted by atomic mass is 10.1. The molecule has 0 amide bonds. The van der Waals surface area contributed by atoms with Crippen LogP contribution in [0.5, 0.6) is 11.6 Å². The van der Waals surface area contributed by atoms with E-state index >= 15 is 0 Å². The zero-order chi connectivity index (χ0) is 15.9. The number of hydrogen-bond acceptors (Lipinski definition) is 6. The Morgan fingerprint density at radius 1 is 1.18 bits per heavy atom. The van der Waals surface area contributed by atoms with Crippen molar-refractivity contribution >= 4 is 34.5 Å². The number of nitrogens with zero attached hydrogens (tertiary/aromatic N) is 5. The summed E-state index contributed by atoms with van der Waals surface area (Å²) in [6, 6.07) is 4.88. The average Bonchev–Trinajstić information content (AvgIpc) is 2.89. The highest BCUT2D eigenvalue weighted by Crippen LogP contribution is 2.38. The predicted molar refractivity (Wildman–Crippen MR) is 83.6 cm³/mol. The van der Waals surface area contributed by atoms with Crippen molar-refractivity contribution in [3.63, 3.8) is 0 Å². The van der Waals surface area contributed by atoms with Crippen LogP contribution >= 0.6 is 23.2 Å². The molecule has 0 radical (unpaired) electrons. The Morgan fingerprint density at radius 2 is 1.86 bits per heavy atom. The quantitative estimate of drug-likeness (QED) is 0.736.